The van der Waals surface area contributed by atoms with Crippen molar-refractivity contribution in [2.45, 2.75) is 32.2 Å². The Morgan fingerprint density at radius 3 is 2.53 bits per heavy atom. The van der Waals surface area contributed by atoms with E-state index in [0.717, 1.165) is 0 Å². The van der Waals surface area contributed by atoms with E-state index in [0.29, 0.717) is 25.3 Å². The fourth-order valence-corrected chi connectivity index (χ4v) is 1.36. The Morgan fingerprint density at radius 2 is 2.20 bits per heavy atom. The number of hydrogen-bond acceptors (Lipinski definition) is 3. The highest BCUT2D eigenvalue weighted by Gasteiger charge is 2.25. The molecular formula is C11H20N2O2. The Bertz CT molecular complexity index is 257. The van der Waals surface area contributed by atoms with Crippen molar-refractivity contribution in [3.63, 3.8) is 0 Å². The maximum absolute atomic E-state index is 10.9. The Labute approximate surface area is 91.2 Å². The number of methoxy groups -OCH3 is 1. The van der Waals surface area contributed by atoms with Crippen LogP contribution in [0.1, 0.15) is 26.7 Å². The summed E-state index contributed by atoms with van der Waals surface area (Å²) < 4.78 is 5.09. The van der Waals surface area contributed by atoms with Crippen LogP contribution in [-0.4, -0.2) is 30.9 Å². The largest absolute Gasteiger partial charge is 0.388 e. The van der Waals surface area contributed by atoms with Crippen molar-refractivity contribution in [1.82, 2.24) is 0 Å². The fraction of sp³-hybridized carbons (Fsp3) is 0.636. The predicted molar refractivity (Wildman–Crippen MR) is 62.0 cm³/mol. The third-order valence-electron chi connectivity index (χ3n) is 2.08. The minimum atomic E-state index is -0.570. The zero-order valence-corrected chi connectivity index (χ0v) is 9.75. The van der Waals surface area contributed by atoms with E-state index >= 15 is 0 Å². The summed E-state index contributed by atoms with van der Waals surface area (Å²) in [4.78, 5) is 15.2. The lowest BCUT2D eigenvalue weighted by molar-refractivity contribution is -0.117. The second kappa shape index (κ2) is 6.35. The molecule has 0 rings (SSSR count). The Morgan fingerprint density at radius 1 is 1.60 bits per heavy atom. The van der Waals surface area contributed by atoms with Crippen LogP contribution in [0.2, 0.25) is 0 Å². The highest BCUT2D eigenvalue weighted by molar-refractivity contribution is 5.78. The number of amidine groups is 1. The summed E-state index contributed by atoms with van der Waals surface area (Å²) in [5.41, 5.74) is 4.98. The molecule has 1 unspecified atom stereocenters. The topological polar surface area (TPSA) is 64.7 Å². The number of ether oxygens (including phenoxy) is 1. The molecule has 15 heavy (non-hydrogen) atoms. The number of hydrogen-bond donors (Lipinski definition) is 1. The smallest absolute Gasteiger partial charge is 0.129 e. The van der Waals surface area contributed by atoms with Crippen molar-refractivity contribution in [3.05, 3.63) is 12.7 Å². The van der Waals surface area contributed by atoms with E-state index < -0.39 is 5.54 Å². The maximum Gasteiger partial charge on any atom is 0.129 e. The van der Waals surface area contributed by atoms with Gasteiger partial charge in [0.1, 0.15) is 11.3 Å². The van der Waals surface area contributed by atoms with Crippen molar-refractivity contribution in [2.24, 2.45) is 10.7 Å². The average Bonchev–Trinajstić information content (AvgIpc) is 2.14. The third-order valence-corrected chi connectivity index (χ3v) is 2.08. The molecule has 0 aliphatic heterocycles. The van der Waals surface area contributed by atoms with Gasteiger partial charge in [0.25, 0.3) is 0 Å². The summed E-state index contributed by atoms with van der Waals surface area (Å²) in [5, 5.41) is 0. The lowest BCUT2D eigenvalue weighted by Crippen LogP contribution is -2.32. The molecule has 0 aromatic rings. The van der Waals surface area contributed by atoms with Crippen LogP contribution in [0, 0.1) is 0 Å². The van der Waals surface area contributed by atoms with Gasteiger partial charge in [0.05, 0.1) is 12.4 Å². The van der Waals surface area contributed by atoms with Gasteiger partial charge in [-0.1, -0.05) is 6.08 Å². The van der Waals surface area contributed by atoms with Gasteiger partial charge in [0.2, 0.25) is 0 Å². The van der Waals surface area contributed by atoms with Crippen molar-refractivity contribution >= 4 is 11.6 Å². The monoisotopic (exact) mass is 212 g/mol. The molecule has 0 aromatic carbocycles. The van der Waals surface area contributed by atoms with Crippen molar-refractivity contribution in [3.8, 4) is 0 Å². The summed E-state index contributed by atoms with van der Waals surface area (Å²) >= 11 is 0. The predicted octanol–water partition coefficient (Wildman–Crippen LogP) is 1.30. The first-order valence-electron chi connectivity index (χ1n) is 4.89. The first-order valence-corrected chi connectivity index (χ1v) is 4.89. The highest BCUT2D eigenvalue weighted by Crippen LogP contribution is 2.20. The van der Waals surface area contributed by atoms with Gasteiger partial charge in [-0.3, -0.25) is 4.99 Å². The molecule has 0 bridgehead atoms. The van der Waals surface area contributed by atoms with Crippen molar-refractivity contribution < 1.29 is 9.53 Å². The number of rotatable bonds is 7. The normalized spacial score (nSPS) is 15.8. The van der Waals surface area contributed by atoms with Crippen LogP contribution in [-0.2, 0) is 9.53 Å². The molecule has 1 atom stereocenters. The first kappa shape index (κ1) is 13.8. The highest BCUT2D eigenvalue weighted by atomic mass is 16.5. The van der Waals surface area contributed by atoms with Gasteiger partial charge in [0, 0.05) is 13.5 Å². The summed E-state index contributed by atoms with van der Waals surface area (Å²) in [6, 6.07) is 0. The van der Waals surface area contributed by atoms with Crippen LogP contribution < -0.4 is 5.73 Å². The lowest BCUT2D eigenvalue weighted by atomic mass is 9.94. The molecule has 0 saturated heterocycles. The molecule has 0 radical (unpaired) electrons. The Kier molecular flexibility index (Phi) is 5.86. The second-order valence-corrected chi connectivity index (χ2v) is 3.70. The molecule has 4 heteroatoms. The zero-order chi connectivity index (χ0) is 11.9. The van der Waals surface area contributed by atoms with Gasteiger partial charge >= 0.3 is 0 Å². The molecular weight excluding hydrogens is 192 g/mol. The number of carbonyl (C=O) groups is 1. The number of aliphatic imine (C=N–C) groups is 1. The van der Waals surface area contributed by atoms with Gasteiger partial charge in [0.15, 0.2) is 0 Å². The molecule has 86 valence electrons. The van der Waals surface area contributed by atoms with Crippen LogP contribution in [0.3, 0.4) is 0 Å². The quantitative estimate of drug-likeness (QED) is 0.393. The van der Waals surface area contributed by atoms with Crippen LogP contribution >= 0.6 is 0 Å². The van der Waals surface area contributed by atoms with E-state index in [2.05, 4.69) is 11.6 Å². The fourth-order valence-electron chi connectivity index (χ4n) is 1.36. The number of carbonyl (C=O) groups excluding carboxylic acids is 1. The second-order valence-electron chi connectivity index (χ2n) is 3.70. The van der Waals surface area contributed by atoms with Gasteiger partial charge in [-0.15, -0.1) is 6.58 Å². The van der Waals surface area contributed by atoms with Gasteiger partial charge in [-0.25, -0.2) is 0 Å². The molecule has 0 saturated carbocycles. The van der Waals surface area contributed by atoms with E-state index in [4.69, 9.17) is 10.5 Å². The lowest BCUT2D eigenvalue weighted by Gasteiger charge is -2.25. The van der Waals surface area contributed by atoms with E-state index in [1.165, 1.54) is 0 Å². The zero-order valence-electron chi connectivity index (χ0n) is 9.75. The molecule has 0 fully saturated rings. The van der Waals surface area contributed by atoms with E-state index in [9.17, 15) is 4.79 Å². The van der Waals surface area contributed by atoms with E-state index in [-0.39, 0.29) is 5.78 Å². The minimum absolute atomic E-state index is 0.127. The third kappa shape index (κ3) is 5.32. The summed E-state index contributed by atoms with van der Waals surface area (Å²) in [6.45, 7) is 7.38. The summed E-state index contributed by atoms with van der Waals surface area (Å²) in [6.07, 6.45) is 2.72. The number of nitrogens with zero attached hydrogens (tertiary/aromatic N) is 1. The Hall–Kier alpha value is -1.16. The molecule has 4 nitrogen and oxygen atoms in total. The minimum Gasteiger partial charge on any atom is -0.388 e. The van der Waals surface area contributed by atoms with Crippen molar-refractivity contribution in [2.75, 3.05) is 13.7 Å². The van der Waals surface area contributed by atoms with Gasteiger partial charge < -0.3 is 15.3 Å². The molecule has 0 amide bonds. The number of nitrogens with two attached hydrogens (primary N) is 1. The molecule has 0 aromatic heterocycles. The SMILES string of the molecule is C=CC(CCC(C)=O)(COC)N=C(C)N. The van der Waals surface area contributed by atoms with Gasteiger partial charge in [-0.05, 0) is 20.3 Å². The van der Waals surface area contributed by atoms with Crippen LogP contribution in [0.25, 0.3) is 0 Å². The van der Waals surface area contributed by atoms with Crippen LogP contribution in [0.15, 0.2) is 17.6 Å². The number of ketones is 1. The Balaban J connectivity index is 4.72. The maximum atomic E-state index is 10.9. The molecule has 2 N–H and O–H groups in total. The van der Waals surface area contributed by atoms with E-state index in [1.807, 2.05) is 0 Å². The summed E-state index contributed by atoms with van der Waals surface area (Å²) in [7, 11) is 1.59. The first-order chi connectivity index (χ1) is 6.95. The molecule has 0 aliphatic carbocycles. The van der Waals surface area contributed by atoms with E-state index in [1.54, 1.807) is 27.0 Å². The molecule has 0 aliphatic rings. The van der Waals surface area contributed by atoms with Crippen LogP contribution in [0.4, 0.5) is 0 Å². The number of Topliss-reactive ketones (excluding diaryl/α,β-unsaturated/α-hetero) is 1. The standard InChI is InChI=1S/C11H20N2O2/c1-5-11(8-15-4,13-10(3)12)7-6-9(2)14/h5H,1,6-8H2,2-4H3,(H2,12,13). The molecule has 0 heterocycles. The van der Waals surface area contributed by atoms with Crippen LogP contribution in [0.5, 0.6) is 0 Å². The van der Waals surface area contributed by atoms with Gasteiger partial charge in [-0.2, -0.15) is 0 Å². The van der Waals surface area contributed by atoms with Crippen molar-refractivity contribution in [1.29, 1.82) is 0 Å². The average molecular weight is 212 g/mol. The molecule has 0 spiro atoms. The summed E-state index contributed by atoms with van der Waals surface area (Å²) in [5.74, 6) is 0.595.